The fourth-order valence-corrected chi connectivity index (χ4v) is 3.35. The van der Waals surface area contributed by atoms with Gasteiger partial charge in [-0.25, -0.2) is 0 Å². The fourth-order valence-electron chi connectivity index (χ4n) is 3.23. The Labute approximate surface area is 148 Å². The number of halogens is 1. The first-order valence-electron chi connectivity index (χ1n) is 8.43. The summed E-state index contributed by atoms with van der Waals surface area (Å²) in [5, 5.41) is 12.3. The summed E-state index contributed by atoms with van der Waals surface area (Å²) in [6, 6.07) is 15.6. The summed E-state index contributed by atoms with van der Waals surface area (Å²) in [7, 11) is 0. The van der Waals surface area contributed by atoms with Gasteiger partial charge in [-0.2, -0.15) is 0 Å². The van der Waals surface area contributed by atoms with Crippen molar-refractivity contribution in [2.45, 2.75) is 18.9 Å². The molecular formula is C20H24ClNO2. The van der Waals surface area contributed by atoms with Crippen molar-refractivity contribution in [3.05, 3.63) is 70.2 Å². The molecule has 1 aliphatic rings. The van der Waals surface area contributed by atoms with Gasteiger partial charge in [-0.15, -0.1) is 0 Å². The third kappa shape index (κ3) is 3.98. The molecule has 1 heterocycles. The summed E-state index contributed by atoms with van der Waals surface area (Å²) in [6.45, 7) is 6.26. The third-order valence-electron chi connectivity index (χ3n) is 4.71. The van der Waals surface area contributed by atoms with Gasteiger partial charge in [-0.3, -0.25) is 4.90 Å². The van der Waals surface area contributed by atoms with Crippen LogP contribution >= 0.6 is 11.6 Å². The molecule has 3 rings (SSSR count). The van der Waals surface area contributed by atoms with Crippen molar-refractivity contribution in [3.8, 4) is 0 Å². The predicted octanol–water partition coefficient (Wildman–Crippen LogP) is 3.61. The Morgan fingerprint density at radius 2 is 1.79 bits per heavy atom. The van der Waals surface area contributed by atoms with E-state index in [1.165, 1.54) is 0 Å². The van der Waals surface area contributed by atoms with Crippen LogP contribution in [0.25, 0.3) is 0 Å². The lowest BCUT2D eigenvalue weighted by molar-refractivity contribution is 0.0143. The van der Waals surface area contributed by atoms with Gasteiger partial charge >= 0.3 is 0 Å². The zero-order valence-corrected chi connectivity index (χ0v) is 14.8. The summed E-state index contributed by atoms with van der Waals surface area (Å²) >= 11 is 6.03. The smallest absolute Gasteiger partial charge is 0.116 e. The molecule has 0 saturated carbocycles. The molecule has 3 nitrogen and oxygen atoms in total. The summed E-state index contributed by atoms with van der Waals surface area (Å²) in [5.74, 6) is 0. The van der Waals surface area contributed by atoms with Crippen LogP contribution in [0.2, 0.25) is 5.02 Å². The first-order valence-corrected chi connectivity index (χ1v) is 8.81. The number of rotatable bonds is 5. The van der Waals surface area contributed by atoms with E-state index in [-0.39, 0.29) is 0 Å². The molecule has 0 spiro atoms. The number of hydrogen-bond acceptors (Lipinski definition) is 3. The van der Waals surface area contributed by atoms with E-state index in [2.05, 4.69) is 11.0 Å². The maximum atomic E-state index is 11.6. The molecule has 1 aliphatic heterocycles. The van der Waals surface area contributed by atoms with Gasteiger partial charge in [0.15, 0.2) is 0 Å². The minimum Gasteiger partial charge on any atom is -0.380 e. The molecule has 0 aliphatic carbocycles. The van der Waals surface area contributed by atoms with Crippen LogP contribution in [0.5, 0.6) is 0 Å². The Morgan fingerprint density at radius 3 is 2.46 bits per heavy atom. The standard InChI is InChI=1S/C20H24ClNO2/c1-16-3-2-4-18(15-16)20(23,17-5-7-19(21)8-6-17)9-10-22-11-13-24-14-12-22/h2-8,15,23H,9-14H2,1H3. The van der Waals surface area contributed by atoms with E-state index in [0.717, 1.165) is 49.5 Å². The molecule has 1 N–H and O–H groups in total. The van der Waals surface area contributed by atoms with Crippen LogP contribution in [0.3, 0.4) is 0 Å². The highest BCUT2D eigenvalue weighted by atomic mass is 35.5. The molecule has 4 heteroatoms. The molecule has 0 bridgehead atoms. The molecule has 0 amide bonds. The molecule has 2 aromatic carbocycles. The number of nitrogens with zero attached hydrogens (tertiary/aromatic N) is 1. The fraction of sp³-hybridized carbons (Fsp3) is 0.400. The van der Waals surface area contributed by atoms with Crippen molar-refractivity contribution in [2.75, 3.05) is 32.8 Å². The average molecular weight is 346 g/mol. The molecule has 0 aromatic heterocycles. The Kier molecular flexibility index (Phi) is 5.57. The Hall–Kier alpha value is -1.39. The molecule has 1 atom stereocenters. The normalized spacial score (nSPS) is 18.3. The van der Waals surface area contributed by atoms with E-state index >= 15 is 0 Å². The van der Waals surface area contributed by atoms with Gasteiger partial charge in [0.25, 0.3) is 0 Å². The van der Waals surface area contributed by atoms with Crippen molar-refractivity contribution >= 4 is 11.6 Å². The molecule has 1 unspecified atom stereocenters. The molecule has 128 valence electrons. The highest BCUT2D eigenvalue weighted by molar-refractivity contribution is 6.30. The Balaban J connectivity index is 1.89. The van der Waals surface area contributed by atoms with Gasteiger partial charge in [-0.05, 0) is 36.6 Å². The lowest BCUT2D eigenvalue weighted by Gasteiger charge is -2.34. The SMILES string of the molecule is Cc1cccc(C(O)(CCN2CCOCC2)c2ccc(Cl)cc2)c1. The van der Waals surface area contributed by atoms with E-state index in [4.69, 9.17) is 16.3 Å². The van der Waals surface area contributed by atoms with Gasteiger partial charge in [0.05, 0.1) is 13.2 Å². The number of morpholine rings is 1. The number of aliphatic hydroxyl groups is 1. The van der Waals surface area contributed by atoms with Crippen LogP contribution in [0.1, 0.15) is 23.1 Å². The lowest BCUT2D eigenvalue weighted by Crippen LogP contribution is -2.40. The third-order valence-corrected chi connectivity index (χ3v) is 4.96. The first-order chi connectivity index (χ1) is 11.6. The molecule has 1 saturated heterocycles. The van der Waals surface area contributed by atoms with Crippen LogP contribution in [-0.2, 0) is 10.3 Å². The van der Waals surface area contributed by atoms with Crippen LogP contribution < -0.4 is 0 Å². The minimum atomic E-state index is -1.02. The zero-order valence-electron chi connectivity index (χ0n) is 14.0. The van der Waals surface area contributed by atoms with E-state index in [9.17, 15) is 5.11 Å². The lowest BCUT2D eigenvalue weighted by atomic mass is 9.83. The first kappa shape index (κ1) is 17.4. The highest BCUT2D eigenvalue weighted by Crippen LogP contribution is 2.34. The molecule has 0 radical (unpaired) electrons. The molecular weight excluding hydrogens is 322 g/mol. The van der Waals surface area contributed by atoms with Crippen molar-refractivity contribution in [1.82, 2.24) is 4.90 Å². The zero-order chi connectivity index (χ0) is 17.0. The van der Waals surface area contributed by atoms with Gasteiger partial charge in [0.1, 0.15) is 5.60 Å². The summed E-state index contributed by atoms with van der Waals surface area (Å²) in [4.78, 5) is 2.35. The van der Waals surface area contributed by atoms with Gasteiger partial charge in [-0.1, -0.05) is 53.6 Å². The Bertz CT molecular complexity index is 668. The van der Waals surface area contributed by atoms with E-state index in [0.29, 0.717) is 11.4 Å². The van der Waals surface area contributed by atoms with Crippen molar-refractivity contribution in [2.24, 2.45) is 0 Å². The monoisotopic (exact) mass is 345 g/mol. The maximum absolute atomic E-state index is 11.6. The summed E-state index contributed by atoms with van der Waals surface area (Å²) in [5.41, 5.74) is 1.93. The molecule has 24 heavy (non-hydrogen) atoms. The highest BCUT2D eigenvalue weighted by Gasteiger charge is 2.32. The second-order valence-corrected chi connectivity index (χ2v) is 6.88. The van der Waals surface area contributed by atoms with E-state index in [1.807, 2.05) is 49.4 Å². The second kappa shape index (κ2) is 7.66. The number of ether oxygens (including phenoxy) is 1. The quantitative estimate of drug-likeness (QED) is 0.898. The predicted molar refractivity (Wildman–Crippen MR) is 97.5 cm³/mol. The largest absolute Gasteiger partial charge is 0.380 e. The second-order valence-electron chi connectivity index (χ2n) is 6.44. The van der Waals surface area contributed by atoms with Crippen molar-refractivity contribution in [3.63, 3.8) is 0 Å². The van der Waals surface area contributed by atoms with E-state index < -0.39 is 5.60 Å². The summed E-state index contributed by atoms with van der Waals surface area (Å²) < 4.78 is 5.41. The maximum Gasteiger partial charge on any atom is 0.116 e. The number of aryl methyl sites for hydroxylation is 1. The number of hydrogen-bond donors (Lipinski definition) is 1. The van der Waals surface area contributed by atoms with Crippen LogP contribution in [0, 0.1) is 6.92 Å². The van der Waals surface area contributed by atoms with Crippen LogP contribution in [-0.4, -0.2) is 42.9 Å². The van der Waals surface area contributed by atoms with Crippen molar-refractivity contribution in [1.29, 1.82) is 0 Å². The number of benzene rings is 2. The van der Waals surface area contributed by atoms with E-state index in [1.54, 1.807) is 0 Å². The van der Waals surface area contributed by atoms with Crippen LogP contribution in [0.4, 0.5) is 0 Å². The van der Waals surface area contributed by atoms with Crippen LogP contribution in [0.15, 0.2) is 48.5 Å². The molecule has 1 fully saturated rings. The molecule has 2 aromatic rings. The van der Waals surface area contributed by atoms with Gasteiger partial charge < -0.3 is 9.84 Å². The Morgan fingerprint density at radius 1 is 1.08 bits per heavy atom. The van der Waals surface area contributed by atoms with Crippen molar-refractivity contribution < 1.29 is 9.84 Å². The topological polar surface area (TPSA) is 32.7 Å². The average Bonchev–Trinajstić information content (AvgIpc) is 2.61. The minimum absolute atomic E-state index is 0.637. The van der Waals surface area contributed by atoms with Gasteiger partial charge in [0.2, 0.25) is 0 Å². The summed E-state index contributed by atoms with van der Waals surface area (Å²) in [6.07, 6.45) is 0.637. The van der Waals surface area contributed by atoms with Gasteiger partial charge in [0, 0.05) is 24.7 Å².